The lowest BCUT2D eigenvalue weighted by Gasteiger charge is -1.94. The van der Waals surface area contributed by atoms with Gasteiger partial charge in [-0.2, -0.15) is 0 Å². The van der Waals surface area contributed by atoms with Gasteiger partial charge >= 0.3 is 0 Å². The van der Waals surface area contributed by atoms with Crippen LogP contribution in [-0.4, -0.2) is 12.0 Å². The van der Waals surface area contributed by atoms with Crippen molar-refractivity contribution in [2.45, 2.75) is 13.8 Å². The maximum atomic E-state index is 10.2. The smallest absolute Gasteiger partial charge is 0.163 e. The highest BCUT2D eigenvalue weighted by Crippen LogP contribution is 2.12. The Morgan fingerprint density at radius 1 is 1.33 bits per heavy atom. The number of benzene rings is 1. The molecule has 0 bridgehead atoms. The number of rotatable bonds is 2. The van der Waals surface area contributed by atoms with Gasteiger partial charge in [-0.15, -0.1) is 0 Å². The van der Waals surface area contributed by atoms with E-state index in [-0.39, 0.29) is 0 Å². The first-order valence-corrected chi connectivity index (χ1v) is 3.79. The summed E-state index contributed by atoms with van der Waals surface area (Å²) in [4.78, 5) is 14.3. The molecule has 0 heterocycles. The van der Waals surface area contributed by atoms with Crippen LogP contribution in [0.4, 0.5) is 5.69 Å². The van der Waals surface area contributed by atoms with Gasteiger partial charge in [0.2, 0.25) is 0 Å². The lowest BCUT2D eigenvalue weighted by atomic mass is 10.2. The largest absolute Gasteiger partial charge is 0.297 e. The summed E-state index contributed by atoms with van der Waals surface area (Å²) in [7, 11) is 0. The minimum Gasteiger partial charge on any atom is -0.297 e. The quantitative estimate of drug-likeness (QED) is 0.483. The first kappa shape index (κ1) is 8.65. The first-order valence-electron chi connectivity index (χ1n) is 3.79. The van der Waals surface area contributed by atoms with Crippen LogP contribution >= 0.6 is 0 Å². The molecule has 0 unspecified atom stereocenters. The van der Waals surface area contributed by atoms with E-state index in [1.807, 2.05) is 31.2 Å². The fraction of sp³-hybridized carbons (Fsp3) is 0.200. The van der Waals surface area contributed by atoms with Crippen LogP contribution < -0.4 is 0 Å². The topological polar surface area (TPSA) is 29.4 Å². The van der Waals surface area contributed by atoms with Crippen LogP contribution in [0, 0.1) is 6.92 Å². The predicted octanol–water partition coefficient (Wildman–Crippen LogP) is 2.29. The van der Waals surface area contributed by atoms with E-state index in [0.29, 0.717) is 5.71 Å². The molecule has 0 radical (unpaired) electrons. The Bertz CT molecular complexity index is 298. The van der Waals surface area contributed by atoms with Crippen molar-refractivity contribution in [3.05, 3.63) is 29.8 Å². The van der Waals surface area contributed by atoms with Crippen LogP contribution in [0.5, 0.6) is 0 Å². The molecule has 1 rings (SSSR count). The zero-order valence-corrected chi connectivity index (χ0v) is 7.24. The summed E-state index contributed by atoms with van der Waals surface area (Å²) in [5.41, 5.74) is 2.52. The molecule has 0 aliphatic carbocycles. The SMILES string of the molecule is CC(C=O)=Nc1ccc(C)cc1. The van der Waals surface area contributed by atoms with Crippen LogP contribution in [0.2, 0.25) is 0 Å². The second-order valence-electron chi connectivity index (χ2n) is 2.71. The summed E-state index contributed by atoms with van der Waals surface area (Å²) in [5.74, 6) is 0. The van der Waals surface area contributed by atoms with E-state index in [4.69, 9.17) is 0 Å². The number of carbonyl (C=O) groups is 1. The van der Waals surface area contributed by atoms with Gasteiger partial charge in [-0.05, 0) is 26.0 Å². The summed E-state index contributed by atoms with van der Waals surface area (Å²) in [6.07, 6.45) is 0.750. The van der Waals surface area contributed by atoms with Crippen LogP contribution in [0.15, 0.2) is 29.3 Å². The monoisotopic (exact) mass is 161 g/mol. The van der Waals surface area contributed by atoms with Crippen molar-refractivity contribution in [1.82, 2.24) is 0 Å². The molecule has 0 saturated carbocycles. The van der Waals surface area contributed by atoms with Crippen molar-refractivity contribution in [3.8, 4) is 0 Å². The molecule has 0 spiro atoms. The number of hydrogen-bond acceptors (Lipinski definition) is 2. The molecule has 0 saturated heterocycles. The average Bonchev–Trinajstić information content (AvgIpc) is 2.09. The second-order valence-corrected chi connectivity index (χ2v) is 2.71. The van der Waals surface area contributed by atoms with Gasteiger partial charge < -0.3 is 0 Å². The number of aryl methyl sites for hydroxylation is 1. The lowest BCUT2D eigenvalue weighted by molar-refractivity contribution is -0.102. The average molecular weight is 161 g/mol. The maximum absolute atomic E-state index is 10.2. The molecule has 62 valence electrons. The van der Waals surface area contributed by atoms with Crippen molar-refractivity contribution in [3.63, 3.8) is 0 Å². The van der Waals surface area contributed by atoms with Crippen molar-refractivity contribution in [2.75, 3.05) is 0 Å². The van der Waals surface area contributed by atoms with Gasteiger partial charge in [-0.25, -0.2) is 0 Å². The fourth-order valence-corrected chi connectivity index (χ4v) is 0.849. The Morgan fingerprint density at radius 3 is 2.42 bits per heavy atom. The number of nitrogens with zero attached hydrogens (tertiary/aromatic N) is 1. The normalized spacial score (nSPS) is 11.3. The molecular weight excluding hydrogens is 150 g/mol. The minimum atomic E-state index is 0.499. The van der Waals surface area contributed by atoms with Gasteiger partial charge in [0, 0.05) is 0 Å². The number of hydrogen-bond donors (Lipinski definition) is 0. The molecule has 12 heavy (non-hydrogen) atoms. The summed E-state index contributed by atoms with van der Waals surface area (Å²) in [6.45, 7) is 3.70. The van der Waals surface area contributed by atoms with E-state index in [9.17, 15) is 4.79 Å². The van der Waals surface area contributed by atoms with E-state index in [0.717, 1.165) is 12.0 Å². The molecule has 0 aliphatic heterocycles. The highest BCUT2D eigenvalue weighted by atomic mass is 16.1. The molecule has 1 aromatic rings. The molecule has 2 nitrogen and oxygen atoms in total. The third-order valence-electron chi connectivity index (χ3n) is 1.51. The van der Waals surface area contributed by atoms with E-state index >= 15 is 0 Å². The van der Waals surface area contributed by atoms with Gasteiger partial charge in [0.05, 0.1) is 11.4 Å². The fourth-order valence-electron chi connectivity index (χ4n) is 0.849. The first-order chi connectivity index (χ1) is 5.72. The van der Waals surface area contributed by atoms with Crippen molar-refractivity contribution in [1.29, 1.82) is 0 Å². The molecule has 0 aromatic heterocycles. The highest BCUT2D eigenvalue weighted by molar-refractivity contribution is 6.27. The highest BCUT2D eigenvalue weighted by Gasteiger charge is 1.89. The minimum absolute atomic E-state index is 0.499. The Labute approximate surface area is 71.9 Å². The maximum Gasteiger partial charge on any atom is 0.163 e. The third-order valence-corrected chi connectivity index (χ3v) is 1.51. The van der Waals surface area contributed by atoms with E-state index in [2.05, 4.69) is 4.99 Å². The molecule has 0 N–H and O–H groups in total. The lowest BCUT2D eigenvalue weighted by Crippen LogP contribution is -1.89. The number of carbonyl (C=O) groups excluding carboxylic acids is 1. The zero-order valence-electron chi connectivity index (χ0n) is 7.24. The van der Waals surface area contributed by atoms with Crippen LogP contribution in [0.25, 0.3) is 0 Å². The Balaban J connectivity index is 2.91. The molecule has 0 fully saturated rings. The van der Waals surface area contributed by atoms with Crippen molar-refractivity contribution < 1.29 is 4.79 Å². The van der Waals surface area contributed by atoms with Crippen molar-refractivity contribution in [2.24, 2.45) is 4.99 Å². The van der Waals surface area contributed by atoms with Crippen LogP contribution in [0.3, 0.4) is 0 Å². The molecular formula is C10H11NO. The molecule has 2 heteroatoms. The Morgan fingerprint density at radius 2 is 1.92 bits per heavy atom. The van der Waals surface area contributed by atoms with Crippen molar-refractivity contribution >= 4 is 17.7 Å². The molecule has 0 amide bonds. The Hall–Kier alpha value is -1.44. The van der Waals surface area contributed by atoms with Gasteiger partial charge in [0.1, 0.15) is 0 Å². The van der Waals surface area contributed by atoms with Gasteiger partial charge in [0.25, 0.3) is 0 Å². The third kappa shape index (κ3) is 2.31. The summed E-state index contributed by atoms with van der Waals surface area (Å²) >= 11 is 0. The predicted molar refractivity (Wildman–Crippen MR) is 50.0 cm³/mol. The summed E-state index contributed by atoms with van der Waals surface area (Å²) in [5, 5.41) is 0. The summed E-state index contributed by atoms with van der Waals surface area (Å²) in [6, 6.07) is 7.72. The zero-order chi connectivity index (χ0) is 8.97. The standard InChI is InChI=1S/C10H11NO/c1-8-3-5-10(6-4-8)11-9(2)7-12/h3-7H,1-2H3. The van der Waals surface area contributed by atoms with E-state index in [1.165, 1.54) is 5.56 Å². The van der Waals surface area contributed by atoms with E-state index in [1.54, 1.807) is 6.92 Å². The molecule has 0 aliphatic rings. The van der Waals surface area contributed by atoms with Crippen LogP contribution in [0.1, 0.15) is 12.5 Å². The Kier molecular flexibility index (Phi) is 2.75. The molecule has 0 atom stereocenters. The molecule has 1 aromatic carbocycles. The van der Waals surface area contributed by atoms with E-state index < -0.39 is 0 Å². The van der Waals surface area contributed by atoms with Crippen LogP contribution in [-0.2, 0) is 4.79 Å². The number of aldehydes is 1. The van der Waals surface area contributed by atoms with Gasteiger partial charge in [0.15, 0.2) is 6.29 Å². The van der Waals surface area contributed by atoms with Gasteiger partial charge in [-0.3, -0.25) is 9.79 Å². The summed E-state index contributed by atoms with van der Waals surface area (Å²) < 4.78 is 0. The van der Waals surface area contributed by atoms with Gasteiger partial charge in [-0.1, -0.05) is 17.7 Å². The second kappa shape index (κ2) is 3.81. The number of aliphatic imine (C=N–C) groups is 1.